The molecule has 2 N–H and O–H groups in total. The Morgan fingerprint density at radius 3 is 2.14 bits per heavy atom. The van der Waals surface area contributed by atoms with Gasteiger partial charge in [0.1, 0.15) is 0 Å². The van der Waals surface area contributed by atoms with Gasteiger partial charge < -0.3 is 5.32 Å². The lowest BCUT2D eigenvalue weighted by molar-refractivity contribution is -0.140. The highest BCUT2D eigenvalue weighted by Gasteiger charge is 2.38. The lowest BCUT2D eigenvalue weighted by Crippen LogP contribution is -2.43. The zero-order valence-corrected chi connectivity index (χ0v) is 20.7. The number of hydrogen-bond donors (Lipinski definition) is 2. The molecule has 7 nitrogen and oxygen atoms in total. The molecule has 0 aromatic heterocycles. The van der Waals surface area contributed by atoms with Gasteiger partial charge in [0.25, 0.3) is 0 Å². The number of carbonyl (C=O) groups is 1. The Labute approximate surface area is 203 Å². The Morgan fingerprint density at radius 1 is 0.914 bits per heavy atom. The van der Waals surface area contributed by atoms with E-state index in [1.54, 1.807) is 6.07 Å². The topological polar surface area (TPSA) is 109 Å². The molecule has 1 amide bonds. The molecule has 1 aliphatic rings. The third kappa shape index (κ3) is 6.22. The number of amides is 1. The van der Waals surface area contributed by atoms with Crippen molar-refractivity contribution in [2.24, 2.45) is 5.41 Å². The molecule has 0 spiro atoms. The number of hydrogen-bond acceptors (Lipinski definition) is 5. The maximum absolute atomic E-state index is 13.6. The first-order valence-corrected chi connectivity index (χ1v) is 14.0. The van der Waals surface area contributed by atoms with E-state index in [0.717, 1.165) is 25.3 Å². The summed E-state index contributed by atoms with van der Waals surface area (Å²) in [6, 6.07) is 8.65. The molecule has 2 aromatic rings. The molecule has 35 heavy (non-hydrogen) atoms. The lowest BCUT2D eigenvalue weighted by atomic mass is 9.75. The van der Waals surface area contributed by atoms with Crippen molar-refractivity contribution in [1.82, 2.24) is 10.0 Å². The number of benzene rings is 2. The van der Waals surface area contributed by atoms with Gasteiger partial charge in [-0.1, -0.05) is 44.4 Å². The smallest absolute Gasteiger partial charge is 0.354 e. The van der Waals surface area contributed by atoms with Crippen molar-refractivity contribution in [1.29, 1.82) is 0 Å². The van der Waals surface area contributed by atoms with Gasteiger partial charge in [0.15, 0.2) is 0 Å². The maximum Gasteiger partial charge on any atom is 0.417 e. The van der Waals surface area contributed by atoms with E-state index in [1.807, 2.05) is 11.6 Å². The zero-order chi connectivity index (χ0) is 25.9. The normalized spacial score (nSPS) is 16.6. The number of sulfonamides is 1. The Hall–Kier alpha value is -2.44. The summed E-state index contributed by atoms with van der Waals surface area (Å²) in [6.07, 6.45) is -0.742. The van der Waals surface area contributed by atoms with Crippen LogP contribution in [-0.2, 0) is 30.8 Å². The predicted molar refractivity (Wildman–Crippen MR) is 123 cm³/mol. The number of nitrogens with one attached hydrogen (secondary N) is 2. The van der Waals surface area contributed by atoms with Gasteiger partial charge in [0.2, 0.25) is 25.8 Å². The number of sulfone groups is 1. The van der Waals surface area contributed by atoms with Crippen LogP contribution in [0.15, 0.2) is 63.2 Å². The average Bonchev–Trinajstić information content (AvgIpc) is 2.81. The van der Waals surface area contributed by atoms with Crippen molar-refractivity contribution in [3.63, 3.8) is 0 Å². The van der Waals surface area contributed by atoms with E-state index in [2.05, 4.69) is 5.32 Å². The second-order valence-electron chi connectivity index (χ2n) is 8.75. The summed E-state index contributed by atoms with van der Waals surface area (Å²) >= 11 is 0. The van der Waals surface area contributed by atoms with Crippen LogP contribution in [0.2, 0.25) is 0 Å². The molecule has 3 rings (SSSR count). The van der Waals surface area contributed by atoms with Crippen molar-refractivity contribution in [3.8, 4) is 0 Å². The first kappa shape index (κ1) is 27.2. The van der Waals surface area contributed by atoms with E-state index in [0.29, 0.717) is 25.0 Å². The molecular formula is C23H27F3N2O5S2. The molecule has 1 fully saturated rings. The molecule has 0 aliphatic heterocycles. The molecule has 1 saturated carbocycles. The van der Waals surface area contributed by atoms with Crippen LogP contribution in [-0.4, -0.2) is 35.8 Å². The van der Waals surface area contributed by atoms with Gasteiger partial charge in [-0.15, -0.1) is 0 Å². The van der Waals surface area contributed by atoms with E-state index >= 15 is 0 Å². The van der Waals surface area contributed by atoms with E-state index < -0.39 is 46.8 Å². The van der Waals surface area contributed by atoms with E-state index in [-0.39, 0.29) is 23.9 Å². The van der Waals surface area contributed by atoms with Crippen LogP contribution in [0.3, 0.4) is 0 Å². The minimum atomic E-state index is -5.04. The average molecular weight is 533 g/mol. The summed E-state index contributed by atoms with van der Waals surface area (Å²) in [5.41, 5.74) is -2.04. The SMILES string of the molecule is CC1(C(=O)NCCNS(=O)(=O)c2cc(S(=O)(=O)c3ccccc3)ccc2C(F)(F)F)CCCCC1. The molecule has 0 bridgehead atoms. The second kappa shape index (κ2) is 10.3. The minimum absolute atomic E-state index is 0.128. The third-order valence-electron chi connectivity index (χ3n) is 6.12. The molecule has 0 radical (unpaired) electrons. The molecule has 1 aliphatic carbocycles. The Bertz CT molecular complexity index is 1270. The summed E-state index contributed by atoms with van der Waals surface area (Å²) < 4.78 is 94.1. The Kier molecular flexibility index (Phi) is 7.97. The molecular weight excluding hydrogens is 505 g/mol. The van der Waals surface area contributed by atoms with Crippen molar-refractivity contribution < 1.29 is 34.8 Å². The monoisotopic (exact) mass is 532 g/mol. The Balaban J connectivity index is 1.81. The molecule has 12 heteroatoms. The number of carbonyl (C=O) groups excluding carboxylic acids is 1. The van der Waals surface area contributed by atoms with Crippen LogP contribution in [0.25, 0.3) is 0 Å². The first-order chi connectivity index (χ1) is 16.3. The van der Waals surface area contributed by atoms with Gasteiger partial charge >= 0.3 is 6.18 Å². The molecule has 0 heterocycles. The third-order valence-corrected chi connectivity index (χ3v) is 9.39. The van der Waals surface area contributed by atoms with Gasteiger partial charge in [-0.05, 0) is 43.2 Å². The number of alkyl halides is 3. The first-order valence-electron chi connectivity index (χ1n) is 11.1. The van der Waals surface area contributed by atoms with Gasteiger partial charge in [0, 0.05) is 18.5 Å². The molecule has 0 atom stereocenters. The van der Waals surface area contributed by atoms with Crippen LogP contribution in [0.5, 0.6) is 0 Å². The van der Waals surface area contributed by atoms with Crippen LogP contribution in [0, 0.1) is 5.41 Å². The van der Waals surface area contributed by atoms with Crippen LogP contribution in [0.1, 0.15) is 44.6 Å². The fourth-order valence-corrected chi connectivity index (χ4v) is 6.74. The fourth-order valence-electron chi connectivity index (χ4n) is 4.07. The Morgan fingerprint density at radius 2 is 1.54 bits per heavy atom. The van der Waals surface area contributed by atoms with E-state index in [1.165, 1.54) is 24.3 Å². The van der Waals surface area contributed by atoms with Crippen LogP contribution < -0.4 is 10.0 Å². The summed E-state index contributed by atoms with van der Waals surface area (Å²) in [5, 5.41) is 2.63. The quantitative estimate of drug-likeness (QED) is 0.501. The van der Waals surface area contributed by atoms with E-state index in [9.17, 15) is 34.8 Å². The molecule has 2 aromatic carbocycles. The largest absolute Gasteiger partial charge is 0.417 e. The molecule has 0 saturated heterocycles. The highest BCUT2D eigenvalue weighted by Crippen LogP contribution is 2.37. The summed E-state index contributed by atoms with van der Waals surface area (Å²) in [6.45, 7) is 1.34. The summed E-state index contributed by atoms with van der Waals surface area (Å²) in [4.78, 5) is 10.5. The molecule has 192 valence electrons. The van der Waals surface area contributed by atoms with Crippen molar-refractivity contribution in [2.75, 3.05) is 13.1 Å². The summed E-state index contributed by atoms with van der Waals surface area (Å²) in [7, 11) is -9.02. The fraction of sp³-hybridized carbons (Fsp3) is 0.435. The standard InChI is InChI=1S/C23H27F3N2O5S2/c1-22(12-6-3-7-13-22)21(29)27-14-15-28-35(32,33)20-16-18(10-11-19(20)23(24,25)26)34(30,31)17-8-4-2-5-9-17/h2,4-5,8-11,16,28H,3,6-7,12-15H2,1H3,(H,27,29). The van der Waals surface area contributed by atoms with Crippen LogP contribution >= 0.6 is 0 Å². The van der Waals surface area contributed by atoms with Crippen LogP contribution in [0.4, 0.5) is 13.2 Å². The highest BCUT2D eigenvalue weighted by molar-refractivity contribution is 7.91. The minimum Gasteiger partial charge on any atom is -0.354 e. The van der Waals surface area contributed by atoms with Crippen molar-refractivity contribution in [2.45, 2.75) is 59.9 Å². The summed E-state index contributed by atoms with van der Waals surface area (Å²) in [5.74, 6) is -0.233. The van der Waals surface area contributed by atoms with Gasteiger partial charge in [-0.25, -0.2) is 21.6 Å². The second-order valence-corrected chi connectivity index (χ2v) is 12.4. The van der Waals surface area contributed by atoms with Crippen molar-refractivity contribution >= 4 is 25.8 Å². The lowest BCUT2D eigenvalue weighted by Gasteiger charge is -2.32. The van der Waals surface area contributed by atoms with Gasteiger partial charge in [-0.2, -0.15) is 13.2 Å². The number of rotatable bonds is 8. The van der Waals surface area contributed by atoms with E-state index in [4.69, 9.17) is 0 Å². The highest BCUT2D eigenvalue weighted by atomic mass is 32.2. The zero-order valence-electron chi connectivity index (χ0n) is 19.1. The molecule has 0 unspecified atom stereocenters. The van der Waals surface area contributed by atoms with Crippen molar-refractivity contribution in [3.05, 3.63) is 54.1 Å². The van der Waals surface area contributed by atoms with Gasteiger partial charge in [0.05, 0.1) is 20.2 Å². The van der Waals surface area contributed by atoms with Gasteiger partial charge in [-0.3, -0.25) is 4.79 Å². The maximum atomic E-state index is 13.6. The predicted octanol–water partition coefficient (Wildman–Crippen LogP) is 3.90. The number of halogens is 3.